The Labute approximate surface area is 193 Å². The Hall–Kier alpha value is -2.42. The maximum absolute atomic E-state index is 13.0. The second-order valence-corrected chi connectivity index (χ2v) is 11.0. The summed E-state index contributed by atoms with van der Waals surface area (Å²) in [7, 11) is -3.43. The molecule has 0 atom stereocenters. The van der Waals surface area contributed by atoms with E-state index in [0.717, 1.165) is 35.5 Å². The molecule has 3 heterocycles. The van der Waals surface area contributed by atoms with Crippen molar-refractivity contribution in [2.75, 3.05) is 13.1 Å². The van der Waals surface area contributed by atoms with Crippen molar-refractivity contribution in [1.29, 1.82) is 0 Å². The summed E-state index contributed by atoms with van der Waals surface area (Å²) < 4.78 is 32.6. The van der Waals surface area contributed by atoms with Crippen LogP contribution >= 0.6 is 11.3 Å². The van der Waals surface area contributed by atoms with Crippen LogP contribution in [0.25, 0.3) is 0 Å². The first-order chi connectivity index (χ1) is 15.5. The lowest BCUT2D eigenvalue weighted by molar-refractivity contribution is -0.132. The summed E-state index contributed by atoms with van der Waals surface area (Å²) in [6, 6.07) is 14.7. The van der Waals surface area contributed by atoms with Crippen LogP contribution in [0.5, 0.6) is 0 Å². The molecule has 0 bridgehead atoms. The number of carbonyl (C=O) groups excluding carboxylic acids is 1. The Balaban J connectivity index is 1.38. The van der Waals surface area contributed by atoms with Crippen LogP contribution in [0.1, 0.15) is 41.9 Å². The fourth-order valence-corrected chi connectivity index (χ4v) is 6.14. The highest BCUT2D eigenvalue weighted by atomic mass is 32.2. The molecule has 1 saturated heterocycles. The molecule has 6 nitrogen and oxygen atoms in total. The minimum atomic E-state index is -3.43. The summed E-state index contributed by atoms with van der Waals surface area (Å²) in [6.07, 6.45) is 5.44. The van der Waals surface area contributed by atoms with E-state index in [4.69, 9.17) is 4.42 Å². The van der Waals surface area contributed by atoms with E-state index in [-0.39, 0.29) is 5.91 Å². The number of amides is 1. The molecule has 1 aromatic carbocycles. The van der Waals surface area contributed by atoms with Crippen LogP contribution in [0.15, 0.2) is 69.5 Å². The molecule has 1 amide bonds. The molecular formula is C24H28N2O4S2. The van der Waals surface area contributed by atoms with Crippen molar-refractivity contribution in [2.24, 2.45) is 0 Å². The van der Waals surface area contributed by atoms with Gasteiger partial charge in [0, 0.05) is 24.4 Å². The van der Waals surface area contributed by atoms with Crippen LogP contribution < -0.4 is 0 Å². The standard InChI is InChI=1S/C24H28N2O4S2/c27-24(25(18-21-6-4-16-30-21)19-22-7-5-17-31-22)13-10-20-8-11-23(12-9-20)32(28,29)26-14-2-1-3-15-26/h4-9,11-12,16-17H,1-3,10,13-15,18-19H2. The van der Waals surface area contributed by atoms with Crippen LogP contribution in [0.2, 0.25) is 0 Å². The van der Waals surface area contributed by atoms with Crippen molar-refractivity contribution in [1.82, 2.24) is 9.21 Å². The fraction of sp³-hybridized carbons (Fsp3) is 0.375. The molecule has 0 radical (unpaired) electrons. The van der Waals surface area contributed by atoms with Gasteiger partial charge in [-0.15, -0.1) is 11.3 Å². The van der Waals surface area contributed by atoms with Gasteiger partial charge in [0.15, 0.2) is 0 Å². The minimum Gasteiger partial charge on any atom is -0.467 e. The molecule has 1 aliphatic rings. The van der Waals surface area contributed by atoms with E-state index in [1.54, 1.807) is 38.9 Å². The number of hydrogen-bond acceptors (Lipinski definition) is 5. The van der Waals surface area contributed by atoms with Gasteiger partial charge in [-0.3, -0.25) is 4.79 Å². The maximum Gasteiger partial charge on any atom is 0.243 e. The van der Waals surface area contributed by atoms with Gasteiger partial charge in [-0.1, -0.05) is 24.6 Å². The molecule has 32 heavy (non-hydrogen) atoms. The first-order valence-corrected chi connectivity index (χ1v) is 13.3. The molecule has 1 aliphatic heterocycles. The van der Waals surface area contributed by atoms with Gasteiger partial charge < -0.3 is 9.32 Å². The predicted molar refractivity (Wildman–Crippen MR) is 125 cm³/mol. The third-order valence-electron chi connectivity index (χ3n) is 5.71. The topological polar surface area (TPSA) is 70.8 Å². The van der Waals surface area contributed by atoms with Crippen LogP contribution in [0.4, 0.5) is 0 Å². The highest BCUT2D eigenvalue weighted by Crippen LogP contribution is 2.22. The number of furan rings is 1. The predicted octanol–water partition coefficient (Wildman–Crippen LogP) is 4.68. The molecule has 4 rings (SSSR count). The third-order valence-corrected chi connectivity index (χ3v) is 8.48. The minimum absolute atomic E-state index is 0.0415. The number of hydrogen-bond donors (Lipinski definition) is 0. The van der Waals surface area contributed by atoms with E-state index in [1.165, 1.54) is 0 Å². The van der Waals surface area contributed by atoms with E-state index >= 15 is 0 Å². The van der Waals surface area contributed by atoms with Gasteiger partial charge in [0.1, 0.15) is 5.76 Å². The lowest BCUT2D eigenvalue weighted by atomic mass is 10.1. The van der Waals surface area contributed by atoms with Crippen LogP contribution in [0, 0.1) is 0 Å². The highest BCUT2D eigenvalue weighted by molar-refractivity contribution is 7.89. The van der Waals surface area contributed by atoms with Gasteiger partial charge in [0.2, 0.25) is 15.9 Å². The number of nitrogens with zero attached hydrogens (tertiary/aromatic N) is 2. The summed E-state index contributed by atoms with van der Waals surface area (Å²) in [5.41, 5.74) is 0.949. The number of piperidine rings is 1. The summed E-state index contributed by atoms with van der Waals surface area (Å²) in [5.74, 6) is 0.794. The third kappa shape index (κ3) is 5.68. The first kappa shape index (κ1) is 22.8. The highest BCUT2D eigenvalue weighted by Gasteiger charge is 2.25. The van der Waals surface area contributed by atoms with E-state index in [1.807, 2.05) is 41.8 Å². The second kappa shape index (κ2) is 10.5. The molecule has 0 spiro atoms. The zero-order valence-electron chi connectivity index (χ0n) is 18.0. The largest absolute Gasteiger partial charge is 0.467 e. The molecule has 3 aromatic rings. The molecule has 0 N–H and O–H groups in total. The maximum atomic E-state index is 13.0. The van der Waals surface area contributed by atoms with E-state index in [0.29, 0.717) is 43.9 Å². The monoisotopic (exact) mass is 472 g/mol. The number of thiophene rings is 1. The SMILES string of the molecule is O=C(CCc1ccc(S(=O)(=O)N2CCCCC2)cc1)N(Cc1ccco1)Cc1cccs1. The average molecular weight is 473 g/mol. The van der Waals surface area contributed by atoms with Gasteiger partial charge in [-0.25, -0.2) is 8.42 Å². The number of carbonyl (C=O) groups is 1. The van der Waals surface area contributed by atoms with Crippen molar-refractivity contribution in [2.45, 2.75) is 50.1 Å². The van der Waals surface area contributed by atoms with Crippen molar-refractivity contribution in [3.05, 3.63) is 76.4 Å². The number of rotatable bonds is 9. The molecule has 8 heteroatoms. The number of aryl methyl sites for hydroxylation is 1. The van der Waals surface area contributed by atoms with Crippen molar-refractivity contribution in [3.8, 4) is 0 Å². The van der Waals surface area contributed by atoms with Gasteiger partial charge in [0.25, 0.3) is 0 Å². The summed E-state index contributed by atoms with van der Waals surface area (Å²) in [4.78, 5) is 16.2. The smallest absolute Gasteiger partial charge is 0.243 e. The Morgan fingerprint density at radius 1 is 1.00 bits per heavy atom. The quantitative estimate of drug-likeness (QED) is 0.453. The van der Waals surface area contributed by atoms with E-state index < -0.39 is 10.0 Å². The first-order valence-electron chi connectivity index (χ1n) is 10.9. The molecular weight excluding hydrogens is 444 g/mol. The zero-order valence-corrected chi connectivity index (χ0v) is 19.6. The Kier molecular flexibility index (Phi) is 7.44. The lowest BCUT2D eigenvalue weighted by Gasteiger charge is -2.25. The van der Waals surface area contributed by atoms with Crippen LogP contribution in [-0.4, -0.2) is 36.6 Å². The lowest BCUT2D eigenvalue weighted by Crippen LogP contribution is -2.35. The van der Waals surface area contributed by atoms with Crippen LogP contribution in [-0.2, 0) is 34.3 Å². The van der Waals surface area contributed by atoms with Crippen molar-refractivity contribution < 1.29 is 17.6 Å². The Morgan fingerprint density at radius 2 is 1.78 bits per heavy atom. The van der Waals surface area contributed by atoms with Gasteiger partial charge in [-0.05, 0) is 60.5 Å². The Bertz CT molecular complexity index is 1050. The van der Waals surface area contributed by atoms with Crippen molar-refractivity contribution in [3.63, 3.8) is 0 Å². The molecule has 0 unspecified atom stereocenters. The van der Waals surface area contributed by atoms with E-state index in [9.17, 15) is 13.2 Å². The summed E-state index contributed by atoms with van der Waals surface area (Å²) in [6.45, 7) is 2.16. The molecule has 0 aliphatic carbocycles. The molecule has 1 fully saturated rings. The second-order valence-electron chi connectivity index (χ2n) is 8.02. The van der Waals surface area contributed by atoms with Gasteiger partial charge in [0.05, 0.1) is 24.2 Å². The summed E-state index contributed by atoms with van der Waals surface area (Å²) in [5, 5.41) is 2.00. The van der Waals surface area contributed by atoms with Gasteiger partial charge in [-0.2, -0.15) is 4.31 Å². The zero-order chi connectivity index (χ0) is 22.4. The van der Waals surface area contributed by atoms with E-state index in [2.05, 4.69) is 0 Å². The normalized spacial score (nSPS) is 15.0. The number of benzene rings is 1. The van der Waals surface area contributed by atoms with Crippen LogP contribution in [0.3, 0.4) is 0 Å². The number of sulfonamides is 1. The summed E-state index contributed by atoms with van der Waals surface area (Å²) >= 11 is 1.63. The van der Waals surface area contributed by atoms with Gasteiger partial charge >= 0.3 is 0 Å². The Morgan fingerprint density at radius 3 is 2.44 bits per heavy atom. The molecule has 170 valence electrons. The molecule has 2 aromatic heterocycles. The molecule has 0 saturated carbocycles. The van der Waals surface area contributed by atoms with Crippen molar-refractivity contribution >= 4 is 27.3 Å². The fourth-order valence-electron chi connectivity index (χ4n) is 3.91. The average Bonchev–Trinajstić information content (AvgIpc) is 3.52.